The van der Waals surface area contributed by atoms with Gasteiger partial charge in [-0.2, -0.15) is 0 Å². The van der Waals surface area contributed by atoms with Crippen molar-refractivity contribution >= 4 is 5.78 Å². The van der Waals surface area contributed by atoms with Crippen LogP contribution in [0.3, 0.4) is 0 Å². The maximum absolute atomic E-state index is 12.2. The Balaban J connectivity index is 2.23. The summed E-state index contributed by atoms with van der Waals surface area (Å²) in [5.41, 5.74) is 1.64. The molecule has 0 bridgehead atoms. The van der Waals surface area contributed by atoms with Gasteiger partial charge in [-0.15, -0.1) is 0 Å². The van der Waals surface area contributed by atoms with Gasteiger partial charge in [0.05, 0.1) is 12.7 Å². The van der Waals surface area contributed by atoms with Crippen LogP contribution < -0.4 is 4.74 Å². The third kappa shape index (κ3) is 2.91. The summed E-state index contributed by atoms with van der Waals surface area (Å²) in [6, 6.07) is 9.82. The third-order valence-electron chi connectivity index (χ3n) is 3.10. The number of aryl methyl sites for hydroxylation is 1. The number of Topliss-reactive ketones (excluding diaryl/α,β-unsaturated/α-hetero) is 1. The minimum atomic E-state index is -0.194. The largest absolute Gasteiger partial charge is 0.508 e. The zero-order valence-corrected chi connectivity index (χ0v) is 11.4. The molecule has 0 aliphatic heterocycles. The lowest BCUT2D eigenvalue weighted by Crippen LogP contribution is -2.06. The normalized spacial score (nSPS) is 10.3. The minimum Gasteiger partial charge on any atom is -0.508 e. The molecule has 104 valence electrons. The molecule has 4 nitrogen and oxygen atoms in total. The molecule has 2 aromatic carbocycles. The van der Waals surface area contributed by atoms with Crippen LogP contribution in [0.15, 0.2) is 36.4 Å². The van der Waals surface area contributed by atoms with E-state index in [9.17, 15) is 15.0 Å². The standard InChI is InChI=1S/C16H16O4/c1-10-7-12(17)9-15(19)16(10)14(18)8-11-3-5-13(20-2)6-4-11/h3-7,9,17,19H,8H2,1-2H3. The van der Waals surface area contributed by atoms with Gasteiger partial charge in [0.2, 0.25) is 0 Å². The summed E-state index contributed by atoms with van der Waals surface area (Å²) in [5, 5.41) is 19.2. The van der Waals surface area contributed by atoms with Crippen LogP contribution >= 0.6 is 0 Å². The highest BCUT2D eigenvalue weighted by molar-refractivity contribution is 6.01. The molecule has 0 aliphatic carbocycles. The highest BCUT2D eigenvalue weighted by Crippen LogP contribution is 2.28. The molecule has 2 N–H and O–H groups in total. The number of benzene rings is 2. The van der Waals surface area contributed by atoms with E-state index in [4.69, 9.17) is 4.74 Å². The molecule has 0 amide bonds. The number of ketones is 1. The van der Waals surface area contributed by atoms with E-state index < -0.39 is 0 Å². The minimum absolute atomic E-state index is 0.0546. The second kappa shape index (κ2) is 5.65. The zero-order chi connectivity index (χ0) is 14.7. The molecule has 2 rings (SSSR count). The second-order valence-corrected chi connectivity index (χ2v) is 4.60. The third-order valence-corrected chi connectivity index (χ3v) is 3.10. The quantitative estimate of drug-likeness (QED) is 0.840. The van der Waals surface area contributed by atoms with Crippen LogP contribution in [-0.4, -0.2) is 23.1 Å². The number of methoxy groups -OCH3 is 1. The van der Waals surface area contributed by atoms with Gasteiger partial charge in [-0.25, -0.2) is 0 Å². The smallest absolute Gasteiger partial charge is 0.171 e. The highest BCUT2D eigenvalue weighted by Gasteiger charge is 2.16. The maximum atomic E-state index is 12.2. The topological polar surface area (TPSA) is 66.8 Å². The van der Waals surface area contributed by atoms with Crippen molar-refractivity contribution in [2.45, 2.75) is 13.3 Å². The van der Waals surface area contributed by atoms with Gasteiger partial charge in [0.15, 0.2) is 5.78 Å². The van der Waals surface area contributed by atoms with Crippen LogP contribution in [-0.2, 0) is 6.42 Å². The molecule has 0 unspecified atom stereocenters. The number of carbonyl (C=O) groups excluding carboxylic acids is 1. The molecular weight excluding hydrogens is 256 g/mol. The predicted octanol–water partition coefficient (Wildman–Crippen LogP) is 2.84. The Labute approximate surface area is 117 Å². The SMILES string of the molecule is COc1ccc(CC(=O)c2c(C)cc(O)cc2O)cc1. The number of carbonyl (C=O) groups is 1. The summed E-state index contributed by atoms with van der Waals surface area (Å²) >= 11 is 0. The van der Waals surface area contributed by atoms with Gasteiger partial charge in [-0.1, -0.05) is 12.1 Å². The number of phenolic OH excluding ortho intramolecular Hbond substituents is 2. The molecule has 0 saturated carbocycles. The molecule has 0 spiro atoms. The first-order valence-electron chi connectivity index (χ1n) is 6.20. The summed E-state index contributed by atoms with van der Waals surface area (Å²) < 4.78 is 5.06. The summed E-state index contributed by atoms with van der Waals surface area (Å²) in [4.78, 5) is 12.2. The molecule has 0 aromatic heterocycles. The van der Waals surface area contributed by atoms with Crippen LogP contribution in [0.4, 0.5) is 0 Å². The van der Waals surface area contributed by atoms with Gasteiger partial charge >= 0.3 is 0 Å². The summed E-state index contributed by atoms with van der Waals surface area (Å²) in [7, 11) is 1.58. The number of hydrogen-bond donors (Lipinski definition) is 2. The summed E-state index contributed by atoms with van der Waals surface area (Å²) in [6.07, 6.45) is 0.184. The average Bonchev–Trinajstić information content (AvgIpc) is 2.38. The van der Waals surface area contributed by atoms with E-state index in [1.54, 1.807) is 26.2 Å². The lowest BCUT2D eigenvalue weighted by molar-refractivity contribution is 0.0990. The number of hydrogen-bond acceptors (Lipinski definition) is 4. The van der Waals surface area contributed by atoms with Crippen molar-refractivity contribution in [3.63, 3.8) is 0 Å². The van der Waals surface area contributed by atoms with E-state index in [0.717, 1.165) is 11.3 Å². The van der Waals surface area contributed by atoms with Crippen molar-refractivity contribution < 1.29 is 19.7 Å². The van der Waals surface area contributed by atoms with Crippen molar-refractivity contribution in [1.29, 1.82) is 0 Å². The van der Waals surface area contributed by atoms with E-state index in [-0.39, 0.29) is 29.3 Å². The van der Waals surface area contributed by atoms with Crippen molar-refractivity contribution in [2.24, 2.45) is 0 Å². The Morgan fingerprint density at radius 1 is 1.15 bits per heavy atom. The molecule has 0 saturated heterocycles. The molecule has 4 heteroatoms. The van der Waals surface area contributed by atoms with Gasteiger partial charge in [0.1, 0.15) is 17.2 Å². The zero-order valence-electron chi connectivity index (χ0n) is 11.4. The van der Waals surface area contributed by atoms with Gasteiger partial charge in [-0.3, -0.25) is 4.79 Å². The lowest BCUT2D eigenvalue weighted by atomic mass is 9.98. The highest BCUT2D eigenvalue weighted by atomic mass is 16.5. The van der Waals surface area contributed by atoms with E-state index in [2.05, 4.69) is 0 Å². The fourth-order valence-electron chi connectivity index (χ4n) is 2.13. The van der Waals surface area contributed by atoms with Crippen LogP contribution in [0.25, 0.3) is 0 Å². The molecule has 0 atom stereocenters. The molecule has 0 aliphatic rings. The van der Waals surface area contributed by atoms with Gasteiger partial charge in [-0.05, 0) is 36.2 Å². The molecule has 0 heterocycles. The average molecular weight is 272 g/mol. The molecule has 2 aromatic rings. The van der Waals surface area contributed by atoms with Crippen molar-refractivity contribution in [1.82, 2.24) is 0 Å². The maximum Gasteiger partial charge on any atom is 0.171 e. The Kier molecular flexibility index (Phi) is 3.94. The van der Waals surface area contributed by atoms with Crippen molar-refractivity contribution in [3.05, 3.63) is 53.1 Å². The monoisotopic (exact) mass is 272 g/mol. The molecule has 0 fully saturated rings. The van der Waals surface area contributed by atoms with E-state index in [1.165, 1.54) is 12.1 Å². The first kappa shape index (κ1) is 13.9. The first-order chi connectivity index (χ1) is 9.51. The molecular formula is C16H16O4. The molecule has 0 radical (unpaired) electrons. The number of rotatable bonds is 4. The van der Waals surface area contributed by atoms with Crippen LogP contribution in [0.1, 0.15) is 21.5 Å². The molecule has 20 heavy (non-hydrogen) atoms. The van der Waals surface area contributed by atoms with Gasteiger partial charge in [0, 0.05) is 12.5 Å². The van der Waals surface area contributed by atoms with E-state index in [0.29, 0.717) is 5.56 Å². The Morgan fingerprint density at radius 2 is 1.80 bits per heavy atom. The van der Waals surface area contributed by atoms with E-state index >= 15 is 0 Å². The fourth-order valence-corrected chi connectivity index (χ4v) is 2.13. The first-order valence-corrected chi connectivity index (χ1v) is 6.20. The van der Waals surface area contributed by atoms with Crippen LogP contribution in [0, 0.1) is 6.92 Å². The second-order valence-electron chi connectivity index (χ2n) is 4.60. The number of phenols is 2. The van der Waals surface area contributed by atoms with Crippen LogP contribution in [0.2, 0.25) is 0 Å². The van der Waals surface area contributed by atoms with Gasteiger partial charge < -0.3 is 14.9 Å². The lowest BCUT2D eigenvalue weighted by Gasteiger charge is -2.09. The predicted molar refractivity (Wildman–Crippen MR) is 75.5 cm³/mol. The summed E-state index contributed by atoms with van der Waals surface area (Å²) in [6.45, 7) is 1.68. The Hall–Kier alpha value is -2.49. The Bertz CT molecular complexity index is 606. The number of ether oxygens (including phenoxy) is 1. The van der Waals surface area contributed by atoms with Crippen LogP contribution in [0.5, 0.6) is 17.2 Å². The van der Waals surface area contributed by atoms with Crippen molar-refractivity contribution in [2.75, 3.05) is 7.11 Å². The summed E-state index contributed by atoms with van der Waals surface area (Å²) in [5.74, 6) is 0.289. The van der Waals surface area contributed by atoms with Gasteiger partial charge in [0.25, 0.3) is 0 Å². The number of aromatic hydroxyl groups is 2. The van der Waals surface area contributed by atoms with Crippen molar-refractivity contribution in [3.8, 4) is 17.2 Å². The Morgan fingerprint density at radius 3 is 2.35 bits per heavy atom. The fraction of sp³-hybridized carbons (Fsp3) is 0.188. The van der Waals surface area contributed by atoms with E-state index in [1.807, 2.05) is 12.1 Å².